The van der Waals surface area contributed by atoms with Crippen LogP contribution in [-0.2, 0) is 4.74 Å². The van der Waals surface area contributed by atoms with Crippen LogP contribution in [0.3, 0.4) is 0 Å². The highest BCUT2D eigenvalue weighted by molar-refractivity contribution is 4.67. The molecule has 0 aliphatic heterocycles. The quantitative estimate of drug-likeness (QED) is 0.602. The van der Waals surface area contributed by atoms with Crippen LogP contribution in [-0.4, -0.2) is 37.5 Å². The summed E-state index contributed by atoms with van der Waals surface area (Å²) in [5.41, 5.74) is 0. The first-order valence-electron chi connectivity index (χ1n) is 5.14. The Morgan fingerprint density at radius 2 is 2.08 bits per heavy atom. The molecule has 0 radical (unpaired) electrons. The van der Waals surface area contributed by atoms with Crippen molar-refractivity contribution in [1.29, 1.82) is 0 Å². The van der Waals surface area contributed by atoms with E-state index in [4.69, 9.17) is 4.74 Å². The Kier molecular flexibility index (Phi) is 8.40. The second-order valence-electron chi connectivity index (χ2n) is 3.41. The minimum atomic E-state index is -0.212. The second kappa shape index (κ2) is 8.48. The molecule has 0 rings (SSSR count). The van der Waals surface area contributed by atoms with E-state index in [1.54, 1.807) is 7.11 Å². The molecule has 0 aromatic rings. The van der Waals surface area contributed by atoms with Crippen LogP contribution in [0.15, 0.2) is 0 Å². The van der Waals surface area contributed by atoms with Gasteiger partial charge in [-0.05, 0) is 12.8 Å². The summed E-state index contributed by atoms with van der Waals surface area (Å²) >= 11 is 0. The van der Waals surface area contributed by atoms with Gasteiger partial charge < -0.3 is 15.2 Å². The highest BCUT2D eigenvalue weighted by atomic mass is 16.5. The second-order valence-corrected chi connectivity index (χ2v) is 3.41. The van der Waals surface area contributed by atoms with Crippen LogP contribution in [0.25, 0.3) is 0 Å². The topological polar surface area (TPSA) is 41.5 Å². The van der Waals surface area contributed by atoms with Crippen molar-refractivity contribution in [3.05, 3.63) is 0 Å². The van der Waals surface area contributed by atoms with E-state index in [2.05, 4.69) is 19.2 Å². The summed E-state index contributed by atoms with van der Waals surface area (Å²) in [4.78, 5) is 0. The maximum atomic E-state index is 9.46. The lowest BCUT2D eigenvalue weighted by molar-refractivity contribution is 0.131. The van der Waals surface area contributed by atoms with Gasteiger partial charge in [-0.3, -0.25) is 0 Å². The van der Waals surface area contributed by atoms with Crippen LogP contribution >= 0.6 is 0 Å². The van der Waals surface area contributed by atoms with Crippen LogP contribution in [0.5, 0.6) is 0 Å². The predicted molar refractivity (Wildman–Crippen MR) is 54.9 cm³/mol. The van der Waals surface area contributed by atoms with Gasteiger partial charge in [-0.15, -0.1) is 0 Å². The van der Waals surface area contributed by atoms with Crippen molar-refractivity contribution in [2.45, 2.75) is 45.3 Å². The largest absolute Gasteiger partial charge is 0.392 e. The summed E-state index contributed by atoms with van der Waals surface area (Å²) < 4.78 is 5.04. The summed E-state index contributed by atoms with van der Waals surface area (Å²) in [5, 5.41) is 12.7. The lowest BCUT2D eigenvalue weighted by Gasteiger charge is -2.18. The van der Waals surface area contributed by atoms with Crippen molar-refractivity contribution in [3.63, 3.8) is 0 Å². The van der Waals surface area contributed by atoms with Gasteiger partial charge in [0.1, 0.15) is 0 Å². The molecule has 0 heterocycles. The molecule has 0 aromatic carbocycles. The fraction of sp³-hybridized carbons (Fsp3) is 1.00. The van der Waals surface area contributed by atoms with Crippen molar-refractivity contribution < 1.29 is 9.84 Å². The summed E-state index contributed by atoms with van der Waals surface area (Å²) in [6, 6.07) is 0.372. The zero-order chi connectivity index (χ0) is 10.1. The first-order chi connectivity index (χ1) is 6.24. The SMILES string of the molecule is CCCC(O)CNC(CC)COC. The van der Waals surface area contributed by atoms with Crippen molar-refractivity contribution >= 4 is 0 Å². The normalized spacial score (nSPS) is 15.7. The summed E-state index contributed by atoms with van der Waals surface area (Å²) in [7, 11) is 1.70. The first-order valence-corrected chi connectivity index (χ1v) is 5.14. The molecule has 0 bridgehead atoms. The fourth-order valence-corrected chi connectivity index (χ4v) is 1.26. The summed E-state index contributed by atoms with van der Waals surface area (Å²) in [6.07, 6.45) is 2.73. The molecule has 13 heavy (non-hydrogen) atoms. The number of aliphatic hydroxyl groups excluding tert-OH is 1. The number of rotatable bonds is 8. The van der Waals surface area contributed by atoms with Gasteiger partial charge in [0.2, 0.25) is 0 Å². The van der Waals surface area contributed by atoms with E-state index in [9.17, 15) is 5.11 Å². The van der Waals surface area contributed by atoms with Crippen molar-refractivity contribution in [3.8, 4) is 0 Å². The Labute approximate surface area is 81.5 Å². The zero-order valence-electron chi connectivity index (χ0n) is 9.05. The first kappa shape index (κ1) is 12.9. The molecule has 0 amide bonds. The highest BCUT2D eigenvalue weighted by Gasteiger charge is 2.07. The number of ether oxygens (including phenoxy) is 1. The molecule has 2 atom stereocenters. The van der Waals surface area contributed by atoms with Crippen LogP contribution in [0.1, 0.15) is 33.1 Å². The van der Waals surface area contributed by atoms with Crippen LogP contribution < -0.4 is 5.32 Å². The van der Waals surface area contributed by atoms with Gasteiger partial charge in [-0.1, -0.05) is 20.3 Å². The Bertz CT molecular complexity index is 109. The molecule has 0 fully saturated rings. The maximum Gasteiger partial charge on any atom is 0.0664 e. The van der Waals surface area contributed by atoms with Gasteiger partial charge >= 0.3 is 0 Å². The van der Waals surface area contributed by atoms with E-state index >= 15 is 0 Å². The third kappa shape index (κ3) is 6.99. The number of hydrogen-bond donors (Lipinski definition) is 2. The van der Waals surface area contributed by atoms with Gasteiger partial charge in [-0.2, -0.15) is 0 Å². The van der Waals surface area contributed by atoms with Crippen LogP contribution in [0.2, 0.25) is 0 Å². The van der Waals surface area contributed by atoms with Crippen LogP contribution in [0.4, 0.5) is 0 Å². The molecule has 2 N–H and O–H groups in total. The molecule has 0 aliphatic carbocycles. The van der Waals surface area contributed by atoms with Crippen molar-refractivity contribution in [1.82, 2.24) is 5.32 Å². The van der Waals surface area contributed by atoms with Gasteiger partial charge in [0.25, 0.3) is 0 Å². The molecular formula is C10H23NO2. The van der Waals surface area contributed by atoms with Crippen molar-refractivity contribution in [2.24, 2.45) is 0 Å². The smallest absolute Gasteiger partial charge is 0.0664 e. The lowest BCUT2D eigenvalue weighted by Crippen LogP contribution is -2.37. The number of hydrogen-bond acceptors (Lipinski definition) is 3. The van der Waals surface area contributed by atoms with E-state index in [-0.39, 0.29) is 6.10 Å². The Morgan fingerprint density at radius 1 is 1.38 bits per heavy atom. The molecule has 80 valence electrons. The minimum Gasteiger partial charge on any atom is -0.392 e. The van der Waals surface area contributed by atoms with E-state index in [1.165, 1.54) is 0 Å². The number of aliphatic hydroxyl groups is 1. The van der Waals surface area contributed by atoms with Gasteiger partial charge in [0, 0.05) is 19.7 Å². The maximum absolute atomic E-state index is 9.46. The van der Waals surface area contributed by atoms with Gasteiger partial charge in [0.15, 0.2) is 0 Å². The Balaban J connectivity index is 3.46. The summed E-state index contributed by atoms with van der Waals surface area (Å²) in [6.45, 7) is 5.59. The van der Waals surface area contributed by atoms with Gasteiger partial charge in [-0.25, -0.2) is 0 Å². The van der Waals surface area contributed by atoms with E-state index < -0.39 is 0 Å². The standard InChI is InChI=1S/C10H23NO2/c1-4-6-10(12)7-11-9(5-2)8-13-3/h9-12H,4-8H2,1-3H3. The number of methoxy groups -OCH3 is 1. The van der Waals surface area contributed by atoms with E-state index in [0.29, 0.717) is 12.6 Å². The molecule has 0 saturated carbocycles. The number of nitrogens with one attached hydrogen (secondary N) is 1. The average molecular weight is 189 g/mol. The fourth-order valence-electron chi connectivity index (χ4n) is 1.26. The summed E-state index contributed by atoms with van der Waals surface area (Å²) in [5.74, 6) is 0. The molecule has 3 heteroatoms. The highest BCUT2D eigenvalue weighted by Crippen LogP contribution is 1.96. The van der Waals surface area contributed by atoms with Crippen LogP contribution in [0, 0.1) is 0 Å². The zero-order valence-corrected chi connectivity index (χ0v) is 9.05. The van der Waals surface area contributed by atoms with Crippen molar-refractivity contribution in [2.75, 3.05) is 20.3 Å². The minimum absolute atomic E-state index is 0.212. The molecule has 2 unspecified atom stereocenters. The molecule has 0 aliphatic rings. The Morgan fingerprint density at radius 3 is 2.54 bits per heavy atom. The van der Waals surface area contributed by atoms with E-state index in [0.717, 1.165) is 25.9 Å². The van der Waals surface area contributed by atoms with Gasteiger partial charge in [0.05, 0.1) is 12.7 Å². The molecular weight excluding hydrogens is 166 g/mol. The lowest BCUT2D eigenvalue weighted by atomic mass is 10.2. The molecule has 3 nitrogen and oxygen atoms in total. The monoisotopic (exact) mass is 189 g/mol. The molecule has 0 spiro atoms. The molecule has 0 saturated heterocycles. The molecule has 0 aromatic heterocycles. The Hall–Kier alpha value is -0.120. The third-order valence-electron chi connectivity index (χ3n) is 2.12. The average Bonchev–Trinajstić information content (AvgIpc) is 2.12. The third-order valence-corrected chi connectivity index (χ3v) is 2.12. The predicted octanol–water partition coefficient (Wildman–Crippen LogP) is 1.16. The van der Waals surface area contributed by atoms with E-state index in [1.807, 2.05) is 0 Å².